The summed E-state index contributed by atoms with van der Waals surface area (Å²) in [6, 6.07) is 0. The van der Waals surface area contributed by atoms with Crippen molar-refractivity contribution in [2.24, 2.45) is 13.0 Å². The van der Waals surface area contributed by atoms with Gasteiger partial charge in [-0.3, -0.25) is 14.3 Å². The average molecular weight is 293 g/mol. The van der Waals surface area contributed by atoms with Crippen molar-refractivity contribution in [3.05, 3.63) is 22.1 Å². The van der Waals surface area contributed by atoms with Gasteiger partial charge >= 0.3 is 0 Å². The van der Waals surface area contributed by atoms with Crippen molar-refractivity contribution < 1.29 is 10.2 Å². The molecule has 21 heavy (non-hydrogen) atoms. The van der Waals surface area contributed by atoms with Crippen LogP contribution < -0.4 is 11.3 Å². The quantitative estimate of drug-likeness (QED) is 0.554. The minimum absolute atomic E-state index is 0.0305. The number of aliphatic hydroxyl groups is 2. The Morgan fingerprint density at radius 1 is 1.52 bits per heavy atom. The first-order valence-corrected chi connectivity index (χ1v) is 6.85. The molecule has 8 heteroatoms. The molecular weight excluding hydrogens is 274 g/mol. The van der Waals surface area contributed by atoms with Gasteiger partial charge < -0.3 is 20.9 Å². The number of aromatic nitrogens is 3. The van der Waals surface area contributed by atoms with Gasteiger partial charge in [0.25, 0.3) is 5.56 Å². The first-order valence-electron chi connectivity index (χ1n) is 6.85. The SMILES string of the molecule is Cn1c(N)nc2c(CN3CC(O)[C@@H](CO)C3)c[nH]c2c1=O. The van der Waals surface area contributed by atoms with Gasteiger partial charge in [-0.15, -0.1) is 0 Å². The second kappa shape index (κ2) is 5.14. The number of aromatic amines is 1. The number of likely N-dealkylation sites (tertiary alicyclic amines) is 1. The largest absolute Gasteiger partial charge is 0.396 e. The highest BCUT2D eigenvalue weighted by molar-refractivity contribution is 5.79. The summed E-state index contributed by atoms with van der Waals surface area (Å²) in [5.41, 5.74) is 7.39. The maximum atomic E-state index is 12.1. The van der Waals surface area contributed by atoms with Gasteiger partial charge in [0.1, 0.15) is 11.0 Å². The number of H-pyrrole nitrogens is 1. The Bertz CT molecular complexity index is 722. The third-order valence-corrected chi connectivity index (χ3v) is 4.13. The number of nitrogen functional groups attached to an aromatic ring is 1. The number of nitrogens with one attached hydrogen (secondary N) is 1. The van der Waals surface area contributed by atoms with Gasteiger partial charge in [-0.05, 0) is 0 Å². The molecule has 0 saturated carbocycles. The molecule has 5 N–H and O–H groups in total. The van der Waals surface area contributed by atoms with Crippen LogP contribution in [0.25, 0.3) is 11.0 Å². The van der Waals surface area contributed by atoms with Gasteiger partial charge in [0.2, 0.25) is 5.95 Å². The van der Waals surface area contributed by atoms with Crippen molar-refractivity contribution in [3.8, 4) is 0 Å². The number of fused-ring (bicyclic) bond motifs is 1. The van der Waals surface area contributed by atoms with Gasteiger partial charge in [0, 0.05) is 51.0 Å². The fourth-order valence-corrected chi connectivity index (χ4v) is 2.82. The predicted octanol–water partition coefficient (Wildman–Crippen LogP) is -1.37. The Kier molecular flexibility index (Phi) is 3.44. The highest BCUT2D eigenvalue weighted by Gasteiger charge is 2.31. The second-order valence-corrected chi connectivity index (χ2v) is 5.58. The lowest BCUT2D eigenvalue weighted by molar-refractivity contribution is 0.103. The van der Waals surface area contributed by atoms with E-state index in [1.54, 1.807) is 13.2 Å². The molecule has 1 aliphatic rings. The topological polar surface area (TPSA) is 120 Å². The monoisotopic (exact) mass is 293 g/mol. The second-order valence-electron chi connectivity index (χ2n) is 5.58. The minimum atomic E-state index is -0.522. The number of nitrogens with two attached hydrogens (primary N) is 1. The van der Waals surface area contributed by atoms with E-state index in [1.807, 2.05) is 4.90 Å². The molecule has 3 heterocycles. The maximum Gasteiger partial charge on any atom is 0.278 e. The summed E-state index contributed by atoms with van der Waals surface area (Å²) >= 11 is 0. The summed E-state index contributed by atoms with van der Waals surface area (Å²) < 4.78 is 1.30. The van der Waals surface area contributed by atoms with Crippen molar-refractivity contribution >= 4 is 17.0 Å². The lowest BCUT2D eigenvalue weighted by Gasteiger charge is -2.14. The van der Waals surface area contributed by atoms with E-state index in [9.17, 15) is 15.0 Å². The molecule has 0 bridgehead atoms. The highest BCUT2D eigenvalue weighted by atomic mass is 16.3. The molecule has 1 aliphatic heterocycles. The summed E-state index contributed by atoms with van der Waals surface area (Å²) in [5.74, 6) is 0.0455. The first kappa shape index (κ1) is 14.1. The van der Waals surface area contributed by atoms with Gasteiger partial charge in [-0.2, -0.15) is 0 Å². The molecule has 2 aromatic rings. The highest BCUT2D eigenvalue weighted by Crippen LogP contribution is 2.22. The number of rotatable bonds is 3. The van der Waals surface area contributed by atoms with E-state index < -0.39 is 6.10 Å². The van der Waals surface area contributed by atoms with Crippen LogP contribution >= 0.6 is 0 Å². The summed E-state index contributed by atoms with van der Waals surface area (Å²) in [5, 5.41) is 19.0. The van der Waals surface area contributed by atoms with Crippen molar-refractivity contribution in [2.75, 3.05) is 25.4 Å². The van der Waals surface area contributed by atoms with Crippen molar-refractivity contribution in [2.45, 2.75) is 12.6 Å². The number of hydrogen-bond donors (Lipinski definition) is 4. The molecule has 0 radical (unpaired) electrons. The summed E-state index contributed by atoms with van der Waals surface area (Å²) in [4.78, 5) is 21.3. The van der Waals surface area contributed by atoms with Crippen molar-refractivity contribution in [3.63, 3.8) is 0 Å². The molecule has 1 unspecified atom stereocenters. The van der Waals surface area contributed by atoms with Crippen LogP contribution in [-0.2, 0) is 13.6 Å². The van der Waals surface area contributed by atoms with Gasteiger partial charge in [0.05, 0.1) is 6.10 Å². The molecule has 1 fully saturated rings. The van der Waals surface area contributed by atoms with E-state index in [2.05, 4.69) is 9.97 Å². The summed E-state index contributed by atoms with van der Waals surface area (Å²) in [6.07, 6.45) is 1.23. The van der Waals surface area contributed by atoms with Crippen molar-refractivity contribution in [1.29, 1.82) is 0 Å². The van der Waals surface area contributed by atoms with Crippen LogP contribution in [0, 0.1) is 5.92 Å². The number of nitrogens with zero attached hydrogens (tertiary/aromatic N) is 3. The molecule has 2 aromatic heterocycles. The predicted molar refractivity (Wildman–Crippen MR) is 77.6 cm³/mol. The standard InChI is InChI=1S/C13H19N5O3/c1-17-12(21)11-10(16-13(17)14)7(2-15-11)3-18-4-8(6-19)9(20)5-18/h2,8-9,15,19-20H,3-6H2,1H3,(H2,14,16)/t8-,9?/m1/s1. The van der Waals surface area contributed by atoms with Crippen LogP contribution in [0.3, 0.4) is 0 Å². The molecule has 0 aromatic carbocycles. The van der Waals surface area contributed by atoms with Crippen LogP contribution in [0.5, 0.6) is 0 Å². The first-order chi connectivity index (χ1) is 10.0. The van der Waals surface area contributed by atoms with Crippen molar-refractivity contribution in [1.82, 2.24) is 19.4 Å². The van der Waals surface area contributed by atoms with Gasteiger partial charge in [-0.25, -0.2) is 4.98 Å². The number of β-amino-alcohol motifs (C(OH)–C–C–N with tert-alkyl or cyclic N) is 1. The van der Waals surface area contributed by atoms with Crippen LogP contribution in [0.2, 0.25) is 0 Å². The Morgan fingerprint density at radius 2 is 2.29 bits per heavy atom. The van der Waals surface area contributed by atoms with E-state index in [0.717, 1.165) is 5.56 Å². The van der Waals surface area contributed by atoms with Crippen LogP contribution in [0.1, 0.15) is 5.56 Å². The molecule has 1 saturated heterocycles. The summed E-state index contributed by atoms with van der Waals surface area (Å²) in [7, 11) is 1.58. The maximum absolute atomic E-state index is 12.1. The van der Waals surface area contributed by atoms with E-state index in [0.29, 0.717) is 30.7 Å². The smallest absolute Gasteiger partial charge is 0.278 e. The number of hydrogen-bond acceptors (Lipinski definition) is 6. The number of aliphatic hydroxyl groups excluding tert-OH is 2. The zero-order valence-corrected chi connectivity index (χ0v) is 11.8. The molecular formula is C13H19N5O3. The average Bonchev–Trinajstić information content (AvgIpc) is 3.01. The van der Waals surface area contributed by atoms with Crippen LogP contribution in [0.4, 0.5) is 5.95 Å². The van der Waals surface area contributed by atoms with E-state index in [4.69, 9.17) is 5.73 Å². The third-order valence-electron chi connectivity index (χ3n) is 4.13. The fourth-order valence-electron chi connectivity index (χ4n) is 2.82. The zero-order chi connectivity index (χ0) is 15.1. The van der Waals surface area contributed by atoms with Gasteiger partial charge in [0.15, 0.2) is 0 Å². The minimum Gasteiger partial charge on any atom is -0.396 e. The zero-order valence-electron chi connectivity index (χ0n) is 11.8. The normalized spacial score (nSPS) is 23.2. The Hall–Kier alpha value is -1.90. The van der Waals surface area contributed by atoms with E-state index in [1.165, 1.54) is 4.57 Å². The fraction of sp³-hybridized carbons (Fsp3) is 0.538. The van der Waals surface area contributed by atoms with Crippen LogP contribution in [0.15, 0.2) is 11.0 Å². The lowest BCUT2D eigenvalue weighted by atomic mass is 10.1. The number of anilines is 1. The molecule has 2 atom stereocenters. The molecule has 0 aliphatic carbocycles. The van der Waals surface area contributed by atoms with Crippen LogP contribution in [-0.4, -0.2) is 55.4 Å². The Balaban J connectivity index is 1.91. The Labute approximate surface area is 120 Å². The molecule has 0 spiro atoms. The molecule has 8 nitrogen and oxygen atoms in total. The molecule has 3 rings (SSSR count). The lowest BCUT2D eigenvalue weighted by Crippen LogP contribution is -2.23. The molecule has 0 amide bonds. The van der Waals surface area contributed by atoms with Gasteiger partial charge in [-0.1, -0.05) is 0 Å². The third kappa shape index (κ3) is 2.31. The molecule has 114 valence electrons. The summed E-state index contributed by atoms with van der Waals surface area (Å²) in [6.45, 7) is 1.63. The Morgan fingerprint density at radius 3 is 2.95 bits per heavy atom. The van der Waals surface area contributed by atoms with E-state index >= 15 is 0 Å². The van der Waals surface area contributed by atoms with E-state index in [-0.39, 0.29) is 24.0 Å².